The average molecular weight is 249 g/mol. The molecule has 0 aromatic carbocycles. The fourth-order valence-corrected chi connectivity index (χ4v) is 2.27. The average Bonchev–Trinajstić information content (AvgIpc) is 2.24. The highest BCUT2D eigenvalue weighted by molar-refractivity contribution is 9.09. The van der Waals surface area contributed by atoms with Crippen LogP contribution in [-0.2, 0) is 0 Å². The summed E-state index contributed by atoms with van der Waals surface area (Å²) in [7, 11) is 2.23. The van der Waals surface area contributed by atoms with Gasteiger partial charge in [-0.25, -0.2) is 0 Å². The molecule has 1 heterocycles. The van der Waals surface area contributed by atoms with Gasteiger partial charge in [0.1, 0.15) is 0 Å². The van der Waals surface area contributed by atoms with Gasteiger partial charge in [-0.3, -0.25) is 4.90 Å². The summed E-state index contributed by atoms with van der Waals surface area (Å²) in [5, 5.41) is 1.13. The topological polar surface area (TPSA) is 6.48 Å². The largest absolute Gasteiger partial charge is 0.305 e. The molecule has 78 valence electrons. The lowest BCUT2D eigenvalue weighted by Crippen LogP contribution is -2.38. The molecule has 1 rings (SSSR count). The van der Waals surface area contributed by atoms with E-state index in [0.717, 1.165) is 11.4 Å². The van der Waals surface area contributed by atoms with E-state index < -0.39 is 0 Å². The first-order valence-electron chi connectivity index (χ1n) is 5.22. The lowest BCUT2D eigenvalue weighted by molar-refractivity contribution is 0.203. The number of nitrogens with zero attached hydrogens (tertiary/aromatic N) is 2. The van der Waals surface area contributed by atoms with Crippen molar-refractivity contribution in [1.82, 2.24) is 9.80 Å². The Hall–Kier alpha value is 0.400. The summed E-state index contributed by atoms with van der Waals surface area (Å²) in [6.07, 6.45) is 2.59. The van der Waals surface area contributed by atoms with E-state index in [1.807, 2.05) is 0 Å². The zero-order chi connectivity index (χ0) is 9.68. The Labute approximate surface area is 90.4 Å². The first-order chi connectivity index (χ1) is 6.24. The van der Waals surface area contributed by atoms with Crippen molar-refractivity contribution in [2.24, 2.45) is 0 Å². The Balaban J connectivity index is 2.34. The molecule has 1 fully saturated rings. The molecule has 1 aliphatic rings. The predicted octanol–water partition coefficient (Wildman–Crippen LogP) is 1.80. The minimum atomic E-state index is 0.728. The van der Waals surface area contributed by atoms with Crippen molar-refractivity contribution in [2.45, 2.75) is 25.8 Å². The summed E-state index contributed by atoms with van der Waals surface area (Å²) in [6, 6.07) is 0.728. The highest BCUT2D eigenvalue weighted by atomic mass is 79.9. The van der Waals surface area contributed by atoms with Crippen LogP contribution in [0.4, 0.5) is 0 Å². The van der Waals surface area contributed by atoms with Crippen molar-refractivity contribution in [2.75, 3.05) is 38.6 Å². The highest BCUT2D eigenvalue weighted by Crippen LogP contribution is 2.09. The van der Waals surface area contributed by atoms with Crippen LogP contribution in [0.5, 0.6) is 0 Å². The maximum absolute atomic E-state index is 3.49. The molecule has 0 aliphatic carbocycles. The van der Waals surface area contributed by atoms with Crippen LogP contribution in [-0.4, -0.2) is 54.4 Å². The van der Waals surface area contributed by atoms with E-state index in [9.17, 15) is 0 Å². The van der Waals surface area contributed by atoms with Gasteiger partial charge in [0.05, 0.1) is 0 Å². The Morgan fingerprint density at radius 2 is 2.15 bits per heavy atom. The lowest BCUT2D eigenvalue weighted by Gasteiger charge is -2.27. The van der Waals surface area contributed by atoms with Crippen molar-refractivity contribution in [1.29, 1.82) is 0 Å². The summed E-state index contributed by atoms with van der Waals surface area (Å²) in [6.45, 7) is 7.35. The number of hydrogen-bond donors (Lipinski definition) is 0. The number of alkyl halides is 1. The van der Waals surface area contributed by atoms with E-state index in [4.69, 9.17) is 0 Å². The summed E-state index contributed by atoms with van der Waals surface area (Å²) < 4.78 is 0. The van der Waals surface area contributed by atoms with Gasteiger partial charge in [0.25, 0.3) is 0 Å². The van der Waals surface area contributed by atoms with Crippen molar-refractivity contribution < 1.29 is 0 Å². The summed E-state index contributed by atoms with van der Waals surface area (Å²) in [5.41, 5.74) is 0. The highest BCUT2D eigenvalue weighted by Gasteiger charge is 2.18. The number of hydrogen-bond acceptors (Lipinski definition) is 2. The maximum Gasteiger partial charge on any atom is 0.0194 e. The number of likely N-dealkylation sites (N-methyl/N-ethyl adjacent to an activating group) is 1. The maximum atomic E-state index is 3.49. The van der Waals surface area contributed by atoms with Gasteiger partial charge < -0.3 is 4.90 Å². The molecule has 3 heteroatoms. The van der Waals surface area contributed by atoms with Crippen LogP contribution in [0.3, 0.4) is 0 Å². The molecule has 0 amide bonds. The Morgan fingerprint density at radius 3 is 2.85 bits per heavy atom. The summed E-state index contributed by atoms with van der Waals surface area (Å²) in [5.74, 6) is 0. The molecule has 1 atom stereocenters. The minimum absolute atomic E-state index is 0.728. The van der Waals surface area contributed by atoms with E-state index in [0.29, 0.717) is 0 Å². The molecule has 1 unspecified atom stereocenters. The normalized spacial score (nSPS) is 27.5. The van der Waals surface area contributed by atoms with Crippen LogP contribution in [0.15, 0.2) is 0 Å². The van der Waals surface area contributed by atoms with Crippen LogP contribution in [0.1, 0.15) is 19.8 Å². The Bertz CT molecular complexity index is 139. The van der Waals surface area contributed by atoms with Gasteiger partial charge >= 0.3 is 0 Å². The third-order valence-electron chi connectivity index (χ3n) is 2.76. The molecule has 0 spiro atoms. The van der Waals surface area contributed by atoms with E-state index >= 15 is 0 Å². The SMILES string of the molecule is CC1CN(C)CCCN1CCCBr. The van der Waals surface area contributed by atoms with Gasteiger partial charge in [0, 0.05) is 17.9 Å². The van der Waals surface area contributed by atoms with Crippen molar-refractivity contribution >= 4 is 15.9 Å². The molecule has 0 aromatic rings. The number of rotatable bonds is 3. The van der Waals surface area contributed by atoms with Crippen molar-refractivity contribution in [3.8, 4) is 0 Å². The fraction of sp³-hybridized carbons (Fsp3) is 1.00. The molecule has 0 aromatic heterocycles. The zero-order valence-electron chi connectivity index (χ0n) is 8.80. The monoisotopic (exact) mass is 248 g/mol. The first kappa shape index (κ1) is 11.5. The summed E-state index contributed by atoms with van der Waals surface area (Å²) in [4.78, 5) is 5.06. The van der Waals surface area contributed by atoms with Crippen LogP contribution in [0.25, 0.3) is 0 Å². The predicted molar refractivity (Wildman–Crippen MR) is 61.6 cm³/mol. The molecule has 2 nitrogen and oxygen atoms in total. The van der Waals surface area contributed by atoms with E-state index in [1.54, 1.807) is 0 Å². The molecule has 1 saturated heterocycles. The fourth-order valence-electron chi connectivity index (χ4n) is 2.02. The van der Waals surface area contributed by atoms with Crippen LogP contribution in [0.2, 0.25) is 0 Å². The first-order valence-corrected chi connectivity index (χ1v) is 6.34. The second kappa shape index (κ2) is 5.99. The van der Waals surface area contributed by atoms with Gasteiger partial charge in [0.2, 0.25) is 0 Å². The smallest absolute Gasteiger partial charge is 0.0194 e. The zero-order valence-corrected chi connectivity index (χ0v) is 10.4. The molecule has 0 N–H and O–H groups in total. The standard InChI is InChI=1S/C10H21BrN2/c1-10-9-12(2)6-4-8-13(10)7-3-5-11/h10H,3-9H2,1-2H3. The van der Waals surface area contributed by atoms with Crippen LogP contribution < -0.4 is 0 Å². The van der Waals surface area contributed by atoms with Crippen LogP contribution >= 0.6 is 15.9 Å². The van der Waals surface area contributed by atoms with E-state index in [1.165, 1.54) is 39.0 Å². The van der Waals surface area contributed by atoms with Crippen molar-refractivity contribution in [3.05, 3.63) is 0 Å². The van der Waals surface area contributed by atoms with E-state index in [2.05, 4.69) is 39.7 Å². The third kappa shape index (κ3) is 3.96. The lowest BCUT2D eigenvalue weighted by atomic mass is 10.2. The molecule has 0 saturated carbocycles. The Morgan fingerprint density at radius 1 is 1.38 bits per heavy atom. The molecule has 13 heavy (non-hydrogen) atoms. The van der Waals surface area contributed by atoms with Gasteiger partial charge in [-0.1, -0.05) is 15.9 Å². The van der Waals surface area contributed by atoms with Gasteiger partial charge in [-0.05, 0) is 46.4 Å². The quantitative estimate of drug-likeness (QED) is 0.704. The Kier molecular flexibility index (Phi) is 5.29. The van der Waals surface area contributed by atoms with Gasteiger partial charge in [0.15, 0.2) is 0 Å². The molecular formula is C10H21BrN2. The third-order valence-corrected chi connectivity index (χ3v) is 3.32. The minimum Gasteiger partial charge on any atom is -0.305 e. The van der Waals surface area contributed by atoms with Crippen molar-refractivity contribution in [3.63, 3.8) is 0 Å². The van der Waals surface area contributed by atoms with Gasteiger partial charge in [-0.15, -0.1) is 0 Å². The summed E-state index contributed by atoms with van der Waals surface area (Å²) >= 11 is 3.49. The molecule has 0 radical (unpaired) electrons. The molecule has 0 bridgehead atoms. The molecular weight excluding hydrogens is 228 g/mol. The van der Waals surface area contributed by atoms with Crippen LogP contribution in [0, 0.1) is 0 Å². The number of halogens is 1. The van der Waals surface area contributed by atoms with E-state index in [-0.39, 0.29) is 0 Å². The van der Waals surface area contributed by atoms with Gasteiger partial charge in [-0.2, -0.15) is 0 Å². The molecule has 1 aliphatic heterocycles. The second-order valence-corrected chi connectivity index (χ2v) is 4.84. The second-order valence-electron chi connectivity index (χ2n) is 4.04.